The van der Waals surface area contributed by atoms with Crippen molar-refractivity contribution in [3.8, 4) is 11.4 Å². The van der Waals surface area contributed by atoms with Crippen LogP contribution < -0.4 is 5.32 Å². The van der Waals surface area contributed by atoms with E-state index < -0.39 is 9.84 Å². The highest BCUT2D eigenvalue weighted by Crippen LogP contribution is 2.20. The first-order valence-corrected chi connectivity index (χ1v) is 12.0. The van der Waals surface area contributed by atoms with Gasteiger partial charge in [-0.3, -0.25) is 4.79 Å². The molecule has 8 heteroatoms. The molecule has 0 aliphatic carbocycles. The maximum Gasteiger partial charge on any atom is 0.227 e. The fourth-order valence-corrected chi connectivity index (χ4v) is 4.37. The molecule has 0 atom stereocenters. The lowest BCUT2D eigenvalue weighted by Gasteiger charge is -2.06. The molecule has 1 heterocycles. The lowest BCUT2D eigenvalue weighted by Crippen LogP contribution is -2.26. The third-order valence-electron chi connectivity index (χ3n) is 4.88. The van der Waals surface area contributed by atoms with Gasteiger partial charge in [0.25, 0.3) is 0 Å². The molecule has 0 aliphatic heterocycles. The molecule has 1 N–H and O–H groups in total. The second-order valence-corrected chi connectivity index (χ2v) is 9.73. The molecule has 3 rings (SSSR count). The molecule has 31 heavy (non-hydrogen) atoms. The molecule has 164 valence electrons. The number of aryl methyl sites for hydroxylation is 1. The SMILES string of the molecule is CC(C)c1ccc(-c2noc(CCC(=O)NCCCS(=O)(=O)c3ccccc3)n2)cc1. The van der Waals surface area contributed by atoms with E-state index in [0.29, 0.717) is 41.9 Å². The molecular weight excluding hydrogens is 414 g/mol. The Bertz CT molecular complexity index is 1090. The molecule has 0 unspecified atom stereocenters. The Labute approximate surface area is 182 Å². The van der Waals surface area contributed by atoms with Crippen LogP contribution in [0.3, 0.4) is 0 Å². The molecule has 0 aliphatic rings. The Balaban J connectivity index is 1.41. The summed E-state index contributed by atoms with van der Waals surface area (Å²) in [7, 11) is -3.33. The lowest BCUT2D eigenvalue weighted by atomic mass is 10.0. The van der Waals surface area contributed by atoms with Crippen LogP contribution in [-0.2, 0) is 21.1 Å². The van der Waals surface area contributed by atoms with E-state index in [-0.39, 0.29) is 18.1 Å². The number of amides is 1. The van der Waals surface area contributed by atoms with Gasteiger partial charge in [0.1, 0.15) is 0 Å². The zero-order chi connectivity index (χ0) is 22.3. The third-order valence-corrected chi connectivity index (χ3v) is 6.70. The van der Waals surface area contributed by atoms with Crippen molar-refractivity contribution in [1.82, 2.24) is 15.5 Å². The van der Waals surface area contributed by atoms with Crippen molar-refractivity contribution < 1.29 is 17.7 Å². The van der Waals surface area contributed by atoms with Gasteiger partial charge in [-0.25, -0.2) is 8.42 Å². The number of rotatable bonds is 10. The van der Waals surface area contributed by atoms with Gasteiger partial charge in [-0.05, 0) is 30.0 Å². The third kappa shape index (κ3) is 6.49. The summed E-state index contributed by atoms with van der Waals surface area (Å²) in [4.78, 5) is 16.7. The molecule has 0 saturated carbocycles. The number of carbonyl (C=O) groups excluding carboxylic acids is 1. The first kappa shape index (κ1) is 22.7. The van der Waals surface area contributed by atoms with Crippen molar-refractivity contribution in [1.29, 1.82) is 0 Å². The summed E-state index contributed by atoms with van der Waals surface area (Å²) < 4.78 is 29.7. The van der Waals surface area contributed by atoms with Crippen LogP contribution in [0.1, 0.15) is 44.1 Å². The molecular formula is C23H27N3O4S. The number of hydrogen-bond donors (Lipinski definition) is 1. The van der Waals surface area contributed by atoms with Gasteiger partial charge in [-0.2, -0.15) is 4.98 Å². The van der Waals surface area contributed by atoms with E-state index >= 15 is 0 Å². The van der Waals surface area contributed by atoms with E-state index in [0.717, 1.165) is 5.56 Å². The van der Waals surface area contributed by atoms with Crippen LogP contribution in [0.2, 0.25) is 0 Å². The van der Waals surface area contributed by atoms with Crippen LogP contribution >= 0.6 is 0 Å². The van der Waals surface area contributed by atoms with Crippen LogP contribution in [-0.4, -0.2) is 36.8 Å². The number of aromatic nitrogens is 2. The summed E-state index contributed by atoms with van der Waals surface area (Å²) in [5, 5.41) is 6.72. The predicted molar refractivity (Wildman–Crippen MR) is 118 cm³/mol. The van der Waals surface area contributed by atoms with Gasteiger partial charge >= 0.3 is 0 Å². The minimum atomic E-state index is -3.33. The van der Waals surface area contributed by atoms with Crippen LogP contribution in [0, 0.1) is 0 Å². The molecule has 0 saturated heterocycles. The molecule has 0 bridgehead atoms. The number of carbonyl (C=O) groups is 1. The summed E-state index contributed by atoms with van der Waals surface area (Å²) in [6, 6.07) is 16.3. The van der Waals surface area contributed by atoms with Crippen molar-refractivity contribution in [2.45, 2.75) is 43.9 Å². The fourth-order valence-electron chi connectivity index (χ4n) is 3.04. The highest BCUT2D eigenvalue weighted by atomic mass is 32.2. The quantitative estimate of drug-likeness (QED) is 0.481. The van der Waals surface area contributed by atoms with Crippen molar-refractivity contribution in [2.75, 3.05) is 12.3 Å². The highest BCUT2D eigenvalue weighted by molar-refractivity contribution is 7.91. The maximum absolute atomic E-state index is 12.2. The minimum absolute atomic E-state index is 0.0140. The zero-order valence-corrected chi connectivity index (χ0v) is 18.6. The van der Waals surface area contributed by atoms with Crippen molar-refractivity contribution in [3.63, 3.8) is 0 Å². The van der Waals surface area contributed by atoms with Crippen molar-refractivity contribution in [2.24, 2.45) is 0 Å². The summed E-state index contributed by atoms with van der Waals surface area (Å²) in [5.74, 6) is 1.14. The molecule has 2 aromatic carbocycles. The van der Waals surface area contributed by atoms with E-state index in [1.165, 1.54) is 5.56 Å². The molecule has 7 nitrogen and oxygen atoms in total. The summed E-state index contributed by atoms with van der Waals surface area (Å²) in [6.45, 7) is 4.56. The largest absolute Gasteiger partial charge is 0.356 e. The fraction of sp³-hybridized carbons (Fsp3) is 0.348. The Hall–Kier alpha value is -3.00. The molecule has 0 fully saturated rings. The van der Waals surface area contributed by atoms with E-state index in [2.05, 4.69) is 29.3 Å². The molecule has 0 radical (unpaired) electrons. The highest BCUT2D eigenvalue weighted by Gasteiger charge is 2.14. The lowest BCUT2D eigenvalue weighted by molar-refractivity contribution is -0.121. The monoisotopic (exact) mass is 441 g/mol. The zero-order valence-electron chi connectivity index (χ0n) is 17.7. The number of sulfone groups is 1. The van der Waals surface area contributed by atoms with Gasteiger partial charge in [-0.1, -0.05) is 61.5 Å². The molecule has 0 spiro atoms. The Kier molecular flexibility index (Phi) is 7.57. The summed E-state index contributed by atoms with van der Waals surface area (Å²) in [6.07, 6.45) is 0.866. The minimum Gasteiger partial charge on any atom is -0.356 e. The van der Waals surface area contributed by atoms with Gasteiger partial charge < -0.3 is 9.84 Å². The predicted octanol–water partition coefficient (Wildman–Crippen LogP) is 3.77. The smallest absolute Gasteiger partial charge is 0.227 e. The molecule has 1 amide bonds. The number of benzene rings is 2. The Morgan fingerprint density at radius 3 is 2.45 bits per heavy atom. The second kappa shape index (κ2) is 10.3. The molecule has 3 aromatic rings. The Morgan fingerprint density at radius 2 is 1.77 bits per heavy atom. The Morgan fingerprint density at radius 1 is 1.06 bits per heavy atom. The van der Waals surface area contributed by atoms with Gasteiger partial charge in [0.2, 0.25) is 17.6 Å². The van der Waals surface area contributed by atoms with Crippen LogP contribution in [0.4, 0.5) is 0 Å². The van der Waals surface area contributed by atoms with E-state index in [1.807, 2.05) is 24.3 Å². The van der Waals surface area contributed by atoms with Crippen LogP contribution in [0.15, 0.2) is 64.0 Å². The van der Waals surface area contributed by atoms with E-state index in [1.54, 1.807) is 30.3 Å². The summed E-state index contributed by atoms with van der Waals surface area (Å²) >= 11 is 0. The van der Waals surface area contributed by atoms with E-state index in [4.69, 9.17) is 4.52 Å². The van der Waals surface area contributed by atoms with Crippen LogP contribution in [0.25, 0.3) is 11.4 Å². The van der Waals surface area contributed by atoms with Gasteiger partial charge in [0.15, 0.2) is 9.84 Å². The first-order valence-electron chi connectivity index (χ1n) is 10.3. The molecule has 1 aromatic heterocycles. The topological polar surface area (TPSA) is 102 Å². The summed E-state index contributed by atoms with van der Waals surface area (Å²) in [5.41, 5.74) is 2.10. The van der Waals surface area contributed by atoms with Crippen molar-refractivity contribution >= 4 is 15.7 Å². The van der Waals surface area contributed by atoms with E-state index in [9.17, 15) is 13.2 Å². The standard InChI is InChI=1S/C23H27N3O4S/c1-17(2)18-9-11-19(12-10-18)23-25-22(30-26-23)14-13-21(27)24-15-6-16-31(28,29)20-7-4-3-5-8-20/h3-5,7-12,17H,6,13-16H2,1-2H3,(H,24,27). The van der Waals surface area contributed by atoms with Gasteiger partial charge in [0, 0.05) is 24.9 Å². The normalized spacial score (nSPS) is 11.6. The van der Waals surface area contributed by atoms with Crippen molar-refractivity contribution in [3.05, 3.63) is 66.1 Å². The van der Waals surface area contributed by atoms with Crippen LogP contribution in [0.5, 0.6) is 0 Å². The number of hydrogen-bond acceptors (Lipinski definition) is 6. The number of nitrogens with zero attached hydrogens (tertiary/aromatic N) is 2. The second-order valence-electron chi connectivity index (χ2n) is 7.62. The average molecular weight is 442 g/mol. The van der Waals surface area contributed by atoms with Gasteiger partial charge in [0.05, 0.1) is 10.6 Å². The average Bonchev–Trinajstić information content (AvgIpc) is 3.25. The maximum atomic E-state index is 12.2. The van der Waals surface area contributed by atoms with Gasteiger partial charge in [-0.15, -0.1) is 0 Å². The number of nitrogens with one attached hydrogen (secondary N) is 1. The first-order chi connectivity index (χ1) is 14.8.